The van der Waals surface area contributed by atoms with Crippen LogP contribution in [0.5, 0.6) is 0 Å². The van der Waals surface area contributed by atoms with Crippen molar-refractivity contribution in [1.29, 1.82) is 0 Å². The molecule has 110 valence electrons. The maximum atomic E-state index is 13.0. The first-order chi connectivity index (χ1) is 9.08. The third kappa shape index (κ3) is 4.00. The summed E-state index contributed by atoms with van der Waals surface area (Å²) in [6.45, 7) is 2.69. The van der Waals surface area contributed by atoms with E-state index in [1.165, 1.54) is 6.07 Å². The number of H-pyrrole nitrogens is 1. The predicted octanol–water partition coefficient (Wildman–Crippen LogP) is 2.24. The number of nitrogens with zero attached hydrogens (tertiary/aromatic N) is 1. The number of aliphatic hydroxyl groups excluding tert-OH is 1. The highest BCUT2D eigenvalue weighted by atomic mass is 35.5. The number of halogens is 3. The summed E-state index contributed by atoms with van der Waals surface area (Å²) in [5, 5.41) is 19.6. The fourth-order valence-electron chi connectivity index (χ4n) is 1.73. The molecule has 0 bridgehead atoms. The van der Waals surface area contributed by atoms with Crippen molar-refractivity contribution in [2.45, 2.75) is 19.6 Å². The Morgan fingerprint density at radius 2 is 2.10 bits per heavy atom. The highest BCUT2D eigenvalue weighted by Gasteiger charge is 2.11. The van der Waals surface area contributed by atoms with Crippen molar-refractivity contribution in [1.82, 2.24) is 15.5 Å². The Hall–Kier alpha value is -1.50. The lowest BCUT2D eigenvalue weighted by Crippen LogP contribution is -2.21. The summed E-state index contributed by atoms with van der Waals surface area (Å²) >= 11 is 0. The van der Waals surface area contributed by atoms with E-state index < -0.39 is 17.7 Å². The van der Waals surface area contributed by atoms with Crippen LogP contribution in [0.15, 0.2) is 24.4 Å². The predicted molar refractivity (Wildman–Crippen MR) is 73.6 cm³/mol. The molecule has 0 saturated carbocycles. The third-order valence-corrected chi connectivity index (χ3v) is 2.92. The van der Waals surface area contributed by atoms with Crippen LogP contribution in [0.3, 0.4) is 0 Å². The molecule has 1 heterocycles. The van der Waals surface area contributed by atoms with Crippen LogP contribution in [-0.2, 0) is 6.54 Å². The van der Waals surface area contributed by atoms with Crippen molar-refractivity contribution in [2.24, 2.45) is 0 Å². The van der Waals surface area contributed by atoms with Gasteiger partial charge in [-0.25, -0.2) is 8.78 Å². The molecule has 0 fully saturated rings. The molecule has 0 aliphatic carbocycles. The van der Waals surface area contributed by atoms with Gasteiger partial charge in [-0.2, -0.15) is 5.10 Å². The Labute approximate surface area is 121 Å². The van der Waals surface area contributed by atoms with Gasteiger partial charge in [0.25, 0.3) is 0 Å². The van der Waals surface area contributed by atoms with Crippen LogP contribution in [0.2, 0.25) is 0 Å². The van der Waals surface area contributed by atoms with E-state index in [1.807, 2.05) is 6.92 Å². The molecule has 0 amide bonds. The van der Waals surface area contributed by atoms with Crippen LogP contribution in [0, 0.1) is 18.6 Å². The molecule has 20 heavy (non-hydrogen) atoms. The number of benzene rings is 1. The number of aryl methyl sites for hydroxylation is 1. The zero-order chi connectivity index (χ0) is 13.8. The fourth-order valence-corrected chi connectivity index (χ4v) is 1.73. The Morgan fingerprint density at radius 1 is 1.35 bits per heavy atom. The molecule has 2 rings (SSSR count). The monoisotopic (exact) mass is 303 g/mol. The van der Waals surface area contributed by atoms with Crippen molar-refractivity contribution in [3.8, 4) is 0 Å². The summed E-state index contributed by atoms with van der Waals surface area (Å²) in [4.78, 5) is 0. The van der Waals surface area contributed by atoms with Crippen molar-refractivity contribution in [2.75, 3.05) is 6.54 Å². The second-order valence-corrected chi connectivity index (χ2v) is 4.34. The minimum absolute atomic E-state index is 0. The molecule has 4 nitrogen and oxygen atoms in total. The first-order valence-corrected chi connectivity index (χ1v) is 5.90. The third-order valence-electron chi connectivity index (χ3n) is 2.92. The van der Waals surface area contributed by atoms with Crippen molar-refractivity contribution in [3.05, 3.63) is 52.9 Å². The van der Waals surface area contributed by atoms with E-state index >= 15 is 0 Å². The van der Waals surface area contributed by atoms with Gasteiger partial charge in [0.1, 0.15) is 0 Å². The Kier molecular flexibility index (Phi) is 6.06. The smallest absolute Gasteiger partial charge is 0.159 e. The van der Waals surface area contributed by atoms with Crippen LogP contribution >= 0.6 is 12.4 Å². The summed E-state index contributed by atoms with van der Waals surface area (Å²) in [5.41, 5.74) is 2.29. The van der Waals surface area contributed by atoms with Gasteiger partial charge >= 0.3 is 0 Å². The molecule has 1 atom stereocenters. The Morgan fingerprint density at radius 3 is 2.70 bits per heavy atom. The zero-order valence-electron chi connectivity index (χ0n) is 10.9. The average molecular weight is 304 g/mol. The van der Waals surface area contributed by atoms with E-state index in [4.69, 9.17) is 0 Å². The summed E-state index contributed by atoms with van der Waals surface area (Å²) in [7, 11) is 0. The van der Waals surface area contributed by atoms with E-state index in [0.717, 1.165) is 23.4 Å². The average Bonchev–Trinajstić information content (AvgIpc) is 2.78. The first kappa shape index (κ1) is 16.6. The Balaban J connectivity index is 0.00000200. The highest BCUT2D eigenvalue weighted by Crippen LogP contribution is 2.15. The minimum Gasteiger partial charge on any atom is -0.387 e. The molecule has 2 aromatic rings. The zero-order valence-corrected chi connectivity index (χ0v) is 11.7. The molecular formula is C13H16ClF2N3O. The van der Waals surface area contributed by atoms with Gasteiger partial charge in [0.15, 0.2) is 11.6 Å². The number of aliphatic hydroxyl groups is 1. The van der Waals surface area contributed by atoms with Crippen LogP contribution in [0.4, 0.5) is 8.78 Å². The van der Waals surface area contributed by atoms with Gasteiger partial charge in [0, 0.05) is 24.3 Å². The number of hydrogen-bond donors (Lipinski definition) is 3. The fraction of sp³-hybridized carbons (Fsp3) is 0.308. The van der Waals surface area contributed by atoms with Crippen LogP contribution in [0.25, 0.3) is 0 Å². The number of aromatic nitrogens is 2. The molecular weight excluding hydrogens is 288 g/mol. The van der Waals surface area contributed by atoms with Gasteiger partial charge in [0.05, 0.1) is 12.3 Å². The molecule has 1 unspecified atom stereocenters. The molecule has 0 spiro atoms. The number of aromatic amines is 1. The molecule has 0 saturated heterocycles. The number of hydrogen-bond acceptors (Lipinski definition) is 3. The van der Waals surface area contributed by atoms with Gasteiger partial charge in [0.2, 0.25) is 0 Å². The van der Waals surface area contributed by atoms with Crippen molar-refractivity contribution < 1.29 is 13.9 Å². The van der Waals surface area contributed by atoms with E-state index in [-0.39, 0.29) is 19.0 Å². The maximum absolute atomic E-state index is 13.0. The normalized spacial score (nSPS) is 12.0. The lowest BCUT2D eigenvalue weighted by Gasteiger charge is -2.12. The second-order valence-electron chi connectivity index (χ2n) is 4.34. The standard InChI is InChI=1S/C13H15F2N3O.ClH/c1-8-10(6-17-18-8)5-16-7-13(19)9-2-3-11(14)12(15)4-9;/h2-4,6,13,16,19H,5,7H2,1H3,(H,17,18);1H. The Bertz CT molecular complexity index is 562. The molecule has 0 radical (unpaired) electrons. The van der Waals surface area contributed by atoms with Crippen LogP contribution in [-0.4, -0.2) is 21.8 Å². The summed E-state index contributed by atoms with van der Waals surface area (Å²) in [5.74, 6) is -1.87. The molecule has 1 aromatic heterocycles. The molecule has 1 aromatic carbocycles. The summed E-state index contributed by atoms with van der Waals surface area (Å²) < 4.78 is 25.8. The summed E-state index contributed by atoms with van der Waals surface area (Å²) in [6.07, 6.45) is 0.814. The first-order valence-electron chi connectivity index (χ1n) is 5.90. The highest BCUT2D eigenvalue weighted by molar-refractivity contribution is 5.85. The lowest BCUT2D eigenvalue weighted by atomic mass is 10.1. The largest absolute Gasteiger partial charge is 0.387 e. The lowest BCUT2D eigenvalue weighted by molar-refractivity contribution is 0.173. The number of nitrogens with one attached hydrogen (secondary N) is 2. The van der Waals surface area contributed by atoms with Crippen molar-refractivity contribution >= 4 is 12.4 Å². The minimum atomic E-state index is -0.956. The second kappa shape index (κ2) is 7.33. The molecule has 0 aliphatic heterocycles. The van der Waals surface area contributed by atoms with Gasteiger partial charge < -0.3 is 10.4 Å². The maximum Gasteiger partial charge on any atom is 0.159 e. The van der Waals surface area contributed by atoms with Gasteiger partial charge in [-0.1, -0.05) is 6.07 Å². The molecule has 7 heteroatoms. The molecule has 3 N–H and O–H groups in total. The van der Waals surface area contributed by atoms with Gasteiger partial charge in [-0.15, -0.1) is 12.4 Å². The van der Waals surface area contributed by atoms with Crippen molar-refractivity contribution in [3.63, 3.8) is 0 Å². The van der Waals surface area contributed by atoms with E-state index in [2.05, 4.69) is 15.5 Å². The number of rotatable bonds is 5. The topological polar surface area (TPSA) is 60.9 Å². The summed E-state index contributed by atoms with van der Waals surface area (Å²) in [6, 6.07) is 3.38. The van der Waals surface area contributed by atoms with Gasteiger partial charge in [-0.05, 0) is 24.6 Å². The van der Waals surface area contributed by atoms with Crippen LogP contribution < -0.4 is 5.32 Å². The quantitative estimate of drug-likeness (QED) is 0.794. The van der Waals surface area contributed by atoms with E-state index in [0.29, 0.717) is 12.1 Å². The van der Waals surface area contributed by atoms with E-state index in [9.17, 15) is 13.9 Å². The van der Waals surface area contributed by atoms with Crippen LogP contribution in [0.1, 0.15) is 22.9 Å². The van der Waals surface area contributed by atoms with Gasteiger partial charge in [-0.3, -0.25) is 5.10 Å². The SMILES string of the molecule is Cc1[nH]ncc1CNCC(O)c1ccc(F)c(F)c1.Cl. The molecule has 0 aliphatic rings. The van der Waals surface area contributed by atoms with E-state index in [1.54, 1.807) is 6.20 Å².